The first-order chi connectivity index (χ1) is 8.34. The van der Waals surface area contributed by atoms with Crippen LogP contribution in [0.25, 0.3) is 0 Å². The average molecular weight is 241 g/mol. The van der Waals surface area contributed by atoms with Gasteiger partial charge in [-0.1, -0.05) is 36.3 Å². The van der Waals surface area contributed by atoms with Crippen molar-refractivity contribution in [3.05, 3.63) is 52.0 Å². The summed E-state index contributed by atoms with van der Waals surface area (Å²) in [5.41, 5.74) is 2.45. The minimum absolute atomic E-state index is 0.933. The maximum absolute atomic E-state index is 4.31. The quantitative estimate of drug-likeness (QED) is 0.588. The summed E-state index contributed by atoms with van der Waals surface area (Å²) in [5.74, 6) is 6.29. The van der Waals surface area contributed by atoms with Crippen LogP contribution in [0, 0.1) is 18.8 Å². The van der Waals surface area contributed by atoms with Gasteiger partial charge < -0.3 is 0 Å². The van der Waals surface area contributed by atoms with Gasteiger partial charge in [-0.3, -0.25) is 0 Å². The molecular formula is C15H15NS. The molecule has 1 aromatic carbocycles. The van der Waals surface area contributed by atoms with E-state index in [2.05, 4.69) is 41.1 Å². The number of unbranched alkanes of at least 4 members (excludes halogenated alkanes) is 1. The molecule has 0 aliphatic heterocycles. The molecule has 0 spiro atoms. The summed E-state index contributed by atoms with van der Waals surface area (Å²) in [4.78, 5) is 4.31. The number of aromatic nitrogens is 1. The van der Waals surface area contributed by atoms with Gasteiger partial charge in [0.15, 0.2) is 5.01 Å². The maximum Gasteiger partial charge on any atom is 0.167 e. The smallest absolute Gasteiger partial charge is 0.167 e. The van der Waals surface area contributed by atoms with E-state index < -0.39 is 0 Å². The van der Waals surface area contributed by atoms with Crippen molar-refractivity contribution in [1.29, 1.82) is 0 Å². The Morgan fingerprint density at radius 1 is 1.24 bits per heavy atom. The molecule has 17 heavy (non-hydrogen) atoms. The summed E-state index contributed by atoms with van der Waals surface area (Å²) in [6, 6.07) is 10.5. The summed E-state index contributed by atoms with van der Waals surface area (Å²) in [5, 5.41) is 2.97. The van der Waals surface area contributed by atoms with E-state index in [1.165, 1.54) is 5.56 Å². The number of rotatable bonds is 3. The third kappa shape index (κ3) is 4.05. The van der Waals surface area contributed by atoms with Gasteiger partial charge in [0.05, 0.1) is 0 Å². The van der Waals surface area contributed by atoms with Gasteiger partial charge >= 0.3 is 0 Å². The van der Waals surface area contributed by atoms with Crippen molar-refractivity contribution in [1.82, 2.24) is 4.98 Å². The summed E-state index contributed by atoms with van der Waals surface area (Å²) in [7, 11) is 0. The van der Waals surface area contributed by atoms with Crippen molar-refractivity contribution >= 4 is 11.3 Å². The monoisotopic (exact) mass is 241 g/mol. The number of aryl methyl sites for hydroxylation is 2. The molecule has 2 heteroatoms. The summed E-state index contributed by atoms with van der Waals surface area (Å²) >= 11 is 1.62. The Morgan fingerprint density at radius 3 is 2.76 bits per heavy atom. The molecule has 0 aliphatic rings. The van der Waals surface area contributed by atoms with Gasteiger partial charge in [-0.15, -0.1) is 11.3 Å². The predicted octanol–water partition coefficient (Wildman–Crippen LogP) is 3.83. The lowest BCUT2D eigenvalue weighted by molar-refractivity contribution is 0.858. The van der Waals surface area contributed by atoms with Gasteiger partial charge in [0.25, 0.3) is 0 Å². The topological polar surface area (TPSA) is 12.9 Å². The van der Waals surface area contributed by atoms with Crippen LogP contribution in [0.15, 0.2) is 35.7 Å². The minimum atomic E-state index is 0.933. The van der Waals surface area contributed by atoms with E-state index in [4.69, 9.17) is 0 Å². The lowest BCUT2D eigenvalue weighted by Gasteiger charge is -1.96. The SMILES string of the molecule is Cc1csc(C#CCCCc2ccccc2)n1. The van der Waals surface area contributed by atoms with E-state index in [-0.39, 0.29) is 0 Å². The molecule has 0 fully saturated rings. The van der Waals surface area contributed by atoms with Crippen LogP contribution in [0.5, 0.6) is 0 Å². The summed E-state index contributed by atoms with van der Waals surface area (Å²) < 4.78 is 0. The van der Waals surface area contributed by atoms with Crippen molar-refractivity contribution in [2.75, 3.05) is 0 Å². The Hall–Kier alpha value is -1.59. The zero-order chi connectivity index (χ0) is 11.9. The van der Waals surface area contributed by atoms with Crippen LogP contribution >= 0.6 is 11.3 Å². The van der Waals surface area contributed by atoms with Crippen molar-refractivity contribution in [3.63, 3.8) is 0 Å². The van der Waals surface area contributed by atoms with Crippen molar-refractivity contribution in [3.8, 4) is 11.8 Å². The van der Waals surface area contributed by atoms with Crippen molar-refractivity contribution in [2.24, 2.45) is 0 Å². The molecule has 1 nitrogen and oxygen atoms in total. The lowest BCUT2D eigenvalue weighted by atomic mass is 10.1. The van der Waals surface area contributed by atoms with Crippen LogP contribution < -0.4 is 0 Å². The largest absolute Gasteiger partial charge is 0.233 e. The van der Waals surface area contributed by atoms with E-state index in [1.54, 1.807) is 11.3 Å². The molecule has 0 bridgehead atoms. The second-order valence-electron chi connectivity index (χ2n) is 3.93. The van der Waals surface area contributed by atoms with Gasteiger partial charge in [0.2, 0.25) is 0 Å². The number of hydrogen-bond donors (Lipinski definition) is 0. The molecule has 2 aromatic rings. The van der Waals surface area contributed by atoms with Crippen LogP contribution in [0.2, 0.25) is 0 Å². The highest BCUT2D eigenvalue weighted by Gasteiger charge is 1.92. The molecule has 86 valence electrons. The third-order valence-corrected chi connectivity index (χ3v) is 3.30. The number of benzene rings is 1. The molecule has 0 saturated heterocycles. The Morgan fingerprint density at radius 2 is 2.06 bits per heavy atom. The van der Waals surface area contributed by atoms with E-state index >= 15 is 0 Å². The van der Waals surface area contributed by atoms with E-state index in [1.807, 2.05) is 18.4 Å². The minimum Gasteiger partial charge on any atom is -0.233 e. The normalized spacial score (nSPS) is 9.71. The predicted molar refractivity (Wildman–Crippen MR) is 73.1 cm³/mol. The second-order valence-corrected chi connectivity index (χ2v) is 4.79. The number of thiazole rings is 1. The fourth-order valence-corrected chi connectivity index (χ4v) is 2.24. The van der Waals surface area contributed by atoms with Crippen LogP contribution in [-0.4, -0.2) is 4.98 Å². The fraction of sp³-hybridized carbons (Fsp3) is 0.267. The summed E-state index contributed by atoms with van der Waals surface area (Å²) in [6.07, 6.45) is 3.15. The zero-order valence-corrected chi connectivity index (χ0v) is 10.8. The van der Waals surface area contributed by atoms with Gasteiger partial charge in [0, 0.05) is 17.5 Å². The molecule has 1 heterocycles. The molecular weight excluding hydrogens is 226 g/mol. The molecule has 0 amide bonds. The molecule has 1 aromatic heterocycles. The van der Waals surface area contributed by atoms with Gasteiger partial charge in [-0.05, 0) is 31.2 Å². The molecule has 0 unspecified atom stereocenters. The standard InChI is InChI=1S/C15H15NS/c1-13-12-17-15(16-13)11-7-3-6-10-14-8-4-2-5-9-14/h2,4-5,8-9,12H,3,6,10H2,1H3. The summed E-state index contributed by atoms with van der Waals surface area (Å²) in [6.45, 7) is 2.00. The van der Waals surface area contributed by atoms with Crippen LogP contribution in [0.1, 0.15) is 29.1 Å². The number of hydrogen-bond acceptors (Lipinski definition) is 2. The molecule has 0 aliphatic carbocycles. The highest BCUT2D eigenvalue weighted by molar-refractivity contribution is 7.10. The van der Waals surface area contributed by atoms with E-state index in [0.29, 0.717) is 0 Å². The Labute approximate surface area is 107 Å². The Balaban J connectivity index is 1.75. The first kappa shape index (κ1) is 11.9. The molecule has 2 rings (SSSR count). The van der Waals surface area contributed by atoms with Crippen LogP contribution in [0.4, 0.5) is 0 Å². The molecule has 0 radical (unpaired) electrons. The Bertz CT molecular complexity index is 517. The van der Waals surface area contributed by atoms with Crippen LogP contribution in [0.3, 0.4) is 0 Å². The fourth-order valence-electron chi connectivity index (χ4n) is 1.58. The molecule has 0 atom stereocenters. The highest BCUT2D eigenvalue weighted by Crippen LogP contribution is 2.07. The zero-order valence-electron chi connectivity index (χ0n) is 9.94. The third-order valence-electron chi connectivity index (χ3n) is 2.42. The second kappa shape index (κ2) is 6.22. The average Bonchev–Trinajstić information content (AvgIpc) is 2.76. The first-order valence-electron chi connectivity index (χ1n) is 5.79. The lowest BCUT2D eigenvalue weighted by Crippen LogP contribution is -1.83. The highest BCUT2D eigenvalue weighted by atomic mass is 32.1. The van der Waals surface area contributed by atoms with Gasteiger partial charge in [-0.25, -0.2) is 4.98 Å². The first-order valence-corrected chi connectivity index (χ1v) is 6.67. The number of nitrogens with zero attached hydrogens (tertiary/aromatic N) is 1. The van der Waals surface area contributed by atoms with E-state index in [0.717, 1.165) is 30.0 Å². The molecule has 0 N–H and O–H groups in total. The van der Waals surface area contributed by atoms with Gasteiger partial charge in [-0.2, -0.15) is 0 Å². The van der Waals surface area contributed by atoms with Crippen molar-refractivity contribution in [2.45, 2.75) is 26.2 Å². The van der Waals surface area contributed by atoms with Crippen LogP contribution in [-0.2, 0) is 6.42 Å². The van der Waals surface area contributed by atoms with Crippen molar-refractivity contribution < 1.29 is 0 Å². The maximum atomic E-state index is 4.31. The van der Waals surface area contributed by atoms with Gasteiger partial charge in [0.1, 0.15) is 0 Å². The van der Waals surface area contributed by atoms with E-state index in [9.17, 15) is 0 Å². The molecule has 0 saturated carbocycles. The Kier molecular flexibility index (Phi) is 4.35.